The predicted octanol–water partition coefficient (Wildman–Crippen LogP) is 9.72. The topological polar surface area (TPSA) is 0 Å². The second kappa shape index (κ2) is 14.4. The van der Waals surface area contributed by atoms with Crippen LogP contribution >= 0.6 is 28.5 Å². The summed E-state index contributed by atoms with van der Waals surface area (Å²) in [6.45, 7) is 0.847. The third-order valence-electron chi connectivity index (χ3n) is 8.30. The first-order valence-corrected chi connectivity index (χ1v) is 24.2. The zero-order valence-corrected chi connectivity index (χ0v) is 29.1. The molecule has 0 aliphatic rings. The quantitative estimate of drug-likeness (QED) is 0.123. The van der Waals surface area contributed by atoms with Gasteiger partial charge in [-0.1, -0.05) is 123 Å². The Morgan fingerprint density at radius 3 is 0.591 bits per heavy atom. The Kier molecular flexibility index (Phi) is 10.2. The van der Waals surface area contributed by atoms with Gasteiger partial charge in [-0.2, -0.15) is 0 Å². The molecule has 218 valence electrons. The van der Waals surface area contributed by atoms with Gasteiger partial charge >= 0.3 is 0 Å². The third kappa shape index (κ3) is 5.53. The van der Waals surface area contributed by atoms with Crippen molar-refractivity contribution in [3.63, 3.8) is 0 Å². The van der Waals surface area contributed by atoms with Gasteiger partial charge in [0.15, 0.2) is 0 Å². The highest BCUT2D eigenvalue weighted by Gasteiger charge is 2.65. The van der Waals surface area contributed by atoms with Crippen LogP contribution in [0, 0.1) is 0 Å². The Labute approximate surface area is 267 Å². The molecule has 6 aromatic rings. The Hall–Kier alpha value is -2.96. The van der Waals surface area contributed by atoms with Crippen LogP contribution in [0.3, 0.4) is 0 Å². The van der Waals surface area contributed by atoms with E-state index in [0.29, 0.717) is 0 Å². The highest BCUT2D eigenvalue weighted by Crippen LogP contribution is 3.05. The van der Waals surface area contributed by atoms with Crippen LogP contribution in [0.1, 0.15) is 13.8 Å². The largest absolute Gasteiger partial charge is 0.137 e. The normalized spacial score (nSPS) is 13.2. The van der Waals surface area contributed by atoms with Gasteiger partial charge in [0, 0.05) is 12.3 Å². The lowest BCUT2D eigenvalue weighted by molar-refractivity contribution is 1.51. The van der Waals surface area contributed by atoms with E-state index in [9.17, 15) is 0 Å². The molecule has 0 aromatic heterocycles. The molecule has 0 aliphatic heterocycles. The highest BCUT2D eigenvalue weighted by molar-refractivity contribution is 8.87. The second-order valence-corrected chi connectivity index (χ2v) is 30.3. The van der Waals surface area contributed by atoms with Gasteiger partial charge < -0.3 is 0 Å². The van der Waals surface area contributed by atoms with Crippen molar-refractivity contribution < 1.29 is 0 Å². The van der Waals surface area contributed by atoms with Crippen molar-refractivity contribution in [1.29, 1.82) is 0 Å². The first kappa shape index (κ1) is 31.0. The molecule has 0 radical (unpaired) electrons. The zero-order chi connectivity index (χ0) is 30.2. The monoisotopic (exact) mass is 644 g/mol. The fourth-order valence-electron chi connectivity index (χ4n) is 6.62. The highest BCUT2D eigenvalue weighted by atomic mass is 32.7. The number of benzene rings is 6. The molecular formula is C40H40P4+2. The summed E-state index contributed by atoms with van der Waals surface area (Å²) in [6.07, 6.45) is 2.35. The molecule has 0 fully saturated rings. The van der Waals surface area contributed by atoms with E-state index in [1.807, 2.05) is 0 Å². The molecule has 0 saturated heterocycles. The van der Waals surface area contributed by atoms with Crippen LogP contribution < -0.4 is 31.8 Å². The van der Waals surface area contributed by atoms with Crippen molar-refractivity contribution in [3.8, 4) is 0 Å². The lowest BCUT2D eigenvalue weighted by atomic mass is 10.4. The first-order valence-electron chi connectivity index (χ1n) is 15.5. The van der Waals surface area contributed by atoms with Crippen LogP contribution in [-0.2, 0) is 0 Å². The predicted molar refractivity (Wildman–Crippen MR) is 205 cm³/mol. The maximum atomic E-state index is 2.50. The average Bonchev–Trinajstić information content (AvgIpc) is 3.12. The van der Waals surface area contributed by atoms with Gasteiger partial charge in [-0.15, -0.1) is 0 Å². The van der Waals surface area contributed by atoms with Crippen molar-refractivity contribution in [3.05, 3.63) is 182 Å². The van der Waals surface area contributed by atoms with Crippen molar-refractivity contribution in [2.24, 2.45) is 0 Å². The molecule has 0 N–H and O–H groups in total. The molecule has 6 aromatic carbocycles. The summed E-state index contributed by atoms with van der Waals surface area (Å²) < 4.78 is 0. The van der Waals surface area contributed by atoms with E-state index in [1.165, 1.54) is 44.2 Å². The molecule has 0 nitrogen and oxygen atoms in total. The van der Waals surface area contributed by atoms with E-state index in [-0.39, 0.29) is 0 Å². The van der Waals surface area contributed by atoms with Gasteiger partial charge in [0.2, 0.25) is 0 Å². The van der Waals surface area contributed by atoms with Gasteiger partial charge in [-0.25, -0.2) is 0 Å². The minimum absolute atomic E-state index is 0.532. The molecule has 2 unspecified atom stereocenters. The Bertz CT molecular complexity index is 1390. The number of hydrogen-bond acceptors (Lipinski definition) is 0. The van der Waals surface area contributed by atoms with Crippen LogP contribution in [0.4, 0.5) is 0 Å². The summed E-state index contributed by atoms with van der Waals surface area (Å²) in [5.41, 5.74) is 0. The summed E-state index contributed by atoms with van der Waals surface area (Å²) >= 11 is 0. The summed E-state index contributed by atoms with van der Waals surface area (Å²) in [5.74, 6) is 0. The van der Waals surface area contributed by atoms with Crippen molar-refractivity contribution in [1.82, 2.24) is 0 Å². The fourth-order valence-corrected chi connectivity index (χ4v) is 49.2. The van der Waals surface area contributed by atoms with Crippen LogP contribution in [-0.4, -0.2) is 12.3 Å². The van der Waals surface area contributed by atoms with Gasteiger partial charge in [-0.05, 0) is 72.8 Å². The molecule has 0 aliphatic carbocycles. The third-order valence-corrected chi connectivity index (χ3v) is 40.9. The van der Waals surface area contributed by atoms with Gasteiger partial charge in [-0.3, -0.25) is 0 Å². The van der Waals surface area contributed by atoms with Crippen LogP contribution in [0.15, 0.2) is 182 Å². The van der Waals surface area contributed by atoms with E-state index in [1.54, 1.807) is 0 Å². The van der Waals surface area contributed by atoms with Crippen molar-refractivity contribution >= 4 is 60.3 Å². The number of hydrogen-bond donors (Lipinski definition) is 0. The Morgan fingerprint density at radius 2 is 0.455 bits per heavy atom. The molecule has 44 heavy (non-hydrogen) atoms. The smallest absolute Gasteiger partial charge is 0.0620 e. The van der Waals surface area contributed by atoms with Gasteiger partial charge in [0.05, 0.1) is 0 Å². The minimum atomic E-state index is -2.07. The molecule has 4 heteroatoms. The molecular weight excluding hydrogens is 604 g/mol. The first-order chi connectivity index (χ1) is 21.8. The van der Waals surface area contributed by atoms with Gasteiger partial charge in [0.25, 0.3) is 0 Å². The average molecular weight is 645 g/mol. The van der Waals surface area contributed by atoms with E-state index in [0.717, 1.165) is 0 Å². The summed E-state index contributed by atoms with van der Waals surface area (Å²) in [4.78, 5) is 0. The lowest BCUT2D eigenvalue weighted by Gasteiger charge is -2.42. The molecule has 0 amide bonds. The van der Waals surface area contributed by atoms with Crippen LogP contribution in [0.5, 0.6) is 0 Å². The zero-order valence-electron chi connectivity index (χ0n) is 25.5. The van der Waals surface area contributed by atoms with E-state index in [2.05, 4.69) is 196 Å². The van der Waals surface area contributed by atoms with E-state index in [4.69, 9.17) is 0 Å². The standard InChI is InChI=1S/C40H40P4/c1-3-41(43(35-23-11-5-12-24-35,36-25-13-6-14-26-36)37-27-15-7-16-28-37)42(4-2)44(38-29-17-8-18-30-38,39-31-19-9-20-32-39)40-33-21-10-22-34-40/h5-34H,3-4H2,1-2H3/q+2. The fraction of sp³-hybridized carbons (Fsp3) is 0.100. The summed E-state index contributed by atoms with van der Waals surface area (Å²) in [6, 6.07) is 69.5. The van der Waals surface area contributed by atoms with E-state index < -0.39 is 28.5 Å². The molecule has 2 atom stereocenters. The van der Waals surface area contributed by atoms with E-state index >= 15 is 0 Å². The van der Waals surface area contributed by atoms with Gasteiger partial charge in [0.1, 0.15) is 60.3 Å². The van der Waals surface area contributed by atoms with Crippen molar-refractivity contribution in [2.75, 3.05) is 12.3 Å². The lowest BCUT2D eigenvalue weighted by Crippen LogP contribution is -2.33. The molecule has 6 rings (SSSR count). The van der Waals surface area contributed by atoms with Crippen LogP contribution in [0.25, 0.3) is 0 Å². The molecule has 0 spiro atoms. The minimum Gasteiger partial charge on any atom is -0.0620 e. The summed E-state index contributed by atoms with van der Waals surface area (Å²) in [5, 5.41) is 9.08. The number of rotatable bonds is 11. The molecule has 0 bridgehead atoms. The SMILES string of the molecule is CCP(P(CC)[P+](c1ccccc1)(c1ccccc1)c1ccccc1)[P+](c1ccccc1)(c1ccccc1)c1ccccc1. The van der Waals surface area contributed by atoms with Crippen molar-refractivity contribution in [2.45, 2.75) is 13.8 Å². The molecule has 0 saturated carbocycles. The Balaban J connectivity index is 1.76. The van der Waals surface area contributed by atoms with Crippen LogP contribution in [0.2, 0.25) is 0 Å². The Morgan fingerprint density at radius 1 is 0.295 bits per heavy atom. The molecule has 0 heterocycles. The maximum Gasteiger partial charge on any atom is 0.137 e. The second-order valence-electron chi connectivity index (χ2n) is 10.7. The maximum absolute atomic E-state index is 2.50. The summed E-state index contributed by atoms with van der Waals surface area (Å²) in [7, 11) is -1.06.